The highest BCUT2D eigenvalue weighted by molar-refractivity contribution is 5.84. The molecule has 0 radical (unpaired) electrons. The molecule has 2 aliphatic rings. The van der Waals surface area contributed by atoms with Gasteiger partial charge in [0.1, 0.15) is 0 Å². The van der Waals surface area contributed by atoms with Crippen LogP contribution in [0.1, 0.15) is 48.0 Å². The molecule has 4 atom stereocenters. The molecule has 4 nitrogen and oxygen atoms in total. The molecule has 0 aromatic heterocycles. The maximum atomic E-state index is 12.5. The lowest BCUT2D eigenvalue weighted by molar-refractivity contribution is -0.164. The molecule has 0 heterocycles. The number of fused-ring (bicyclic) bond motifs is 2. The van der Waals surface area contributed by atoms with Crippen LogP contribution in [0, 0.1) is 34.5 Å². The number of hydrogen-bond acceptors (Lipinski definition) is 4. The minimum atomic E-state index is -0.389. The second-order valence-corrected chi connectivity index (χ2v) is 9.34. The fourth-order valence-corrected chi connectivity index (χ4v) is 3.23. The van der Waals surface area contributed by atoms with Gasteiger partial charge in [0.25, 0.3) is 0 Å². The van der Waals surface area contributed by atoms with Crippen LogP contribution in [0.2, 0.25) is 0 Å². The van der Waals surface area contributed by atoms with Gasteiger partial charge in [-0.1, -0.05) is 53.7 Å². The SMILES string of the molecule is CC(C)(C)COC(=O)C1C2C=CC(C2)C1C(=O)OCC(C)(C)C. The Hall–Kier alpha value is -1.32. The lowest BCUT2D eigenvalue weighted by atomic mass is 9.83. The fourth-order valence-electron chi connectivity index (χ4n) is 3.23. The maximum Gasteiger partial charge on any atom is 0.310 e. The lowest BCUT2D eigenvalue weighted by Gasteiger charge is -2.28. The number of allylic oxidation sites excluding steroid dienone is 2. The van der Waals surface area contributed by atoms with Gasteiger partial charge in [-0.3, -0.25) is 9.59 Å². The number of carbonyl (C=O) groups excluding carboxylic acids is 2. The number of rotatable bonds is 4. The van der Waals surface area contributed by atoms with Gasteiger partial charge in [-0.25, -0.2) is 0 Å². The summed E-state index contributed by atoms with van der Waals surface area (Å²) < 4.78 is 11.0. The van der Waals surface area contributed by atoms with E-state index in [4.69, 9.17) is 9.47 Å². The Morgan fingerprint density at radius 1 is 0.826 bits per heavy atom. The molecule has 2 aliphatic carbocycles. The minimum Gasteiger partial charge on any atom is -0.465 e. The first-order valence-electron chi connectivity index (χ1n) is 8.49. The van der Waals surface area contributed by atoms with Crippen LogP contribution >= 0.6 is 0 Å². The van der Waals surface area contributed by atoms with Gasteiger partial charge in [-0.05, 0) is 29.1 Å². The third kappa shape index (κ3) is 4.58. The lowest BCUT2D eigenvalue weighted by Crippen LogP contribution is -2.37. The summed E-state index contributed by atoms with van der Waals surface area (Å²) in [7, 11) is 0. The van der Waals surface area contributed by atoms with Gasteiger partial charge in [0.05, 0.1) is 25.0 Å². The molecular formula is C19H30O4. The number of hydrogen-bond donors (Lipinski definition) is 0. The van der Waals surface area contributed by atoms with Crippen LogP contribution in [-0.2, 0) is 19.1 Å². The highest BCUT2D eigenvalue weighted by Crippen LogP contribution is 2.49. The molecule has 0 aromatic carbocycles. The van der Waals surface area contributed by atoms with E-state index in [2.05, 4.69) is 12.2 Å². The van der Waals surface area contributed by atoms with E-state index in [9.17, 15) is 9.59 Å². The van der Waals surface area contributed by atoms with Crippen molar-refractivity contribution in [1.82, 2.24) is 0 Å². The molecule has 1 fully saturated rings. The van der Waals surface area contributed by atoms with Crippen molar-refractivity contribution in [2.75, 3.05) is 13.2 Å². The zero-order valence-electron chi connectivity index (χ0n) is 15.2. The molecule has 4 unspecified atom stereocenters. The number of ether oxygens (including phenoxy) is 2. The summed E-state index contributed by atoms with van der Waals surface area (Å²) in [6, 6.07) is 0. The molecule has 0 aliphatic heterocycles. The molecule has 130 valence electrons. The van der Waals surface area contributed by atoms with E-state index < -0.39 is 0 Å². The van der Waals surface area contributed by atoms with Gasteiger partial charge in [0.2, 0.25) is 0 Å². The molecule has 4 heteroatoms. The van der Waals surface area contributed by atoms with Crippen LogP contribution in [0.5, 0.6) is 0 Å². The summed E-state index contributed by atoms with van der Waals surface area (Å²) in [5.41, 5.74) is -0.156. The largest absolute Gasteiger partial charge is 0.465 e. The minimum absolute atomic E-state index is 0.0780. The van der Waals surface area contributed by atoms with Crippen molar-refractivity contribution in [2.45, 2.75) is 48.0 Å². The molecule has 2 rings (SSSR count). The fraction of sp³-hybridized carbons (Fsp3) is 0.789. The Morgan fingerprint density at radius 2 is 1.17 bits per heavy atom. The summed E-state index contributed by atoms with van der Waals surface area (Å²) in [6.07, 6.45) is 4.97. The van der Waals surface area contributed by atoms with Gasteiger partial charge in [-0.15, -0.1) is 0 Å². The van der Waals surface area contributed by atoms with Crippen LogP contribution < -0.4 is 0 Å². The Labute approximate surface area is 139 Å². The molecular weight excluding hydrogens is 292 g/mol. The van der Waals surface area contributed by atoms with Crippen LogP contribution in [0.25, 0.3) is 0 Å². The Morgan fingerprint density at radius 3 is 1.48 bits per heavy atom. The van der Waals surface area contributed by atoms with Crippen LogP contribution in [0.15, 0.2) is 12.2 Å². The molecule has 0 N–H and O–H groups in total. The summed E-state index contributed by atoms with van der Waals surface area (Å²) in [5.74, 6) is -1.07. The number of esters is 2. The van der Waals surface area contributed by atoms with E-state index in [1.54, 1.807) is 0 Å². The van der Waals surface area contributed by atoms with Gasteiger partial charge < -0.3 is 9.47 Å². The number of carbonyl (C=O) groups is 2. The monoisotopic (exact) mass is 322 g/mol. The van der Waals surface area contributed by atoms with E-state index in [0.29, 0.717) is 13.2 Å². The van der Waals surface area contributed by atoms with Crippen molar-refractivity contribution < 1.29 is 19.1 Å². The van der Waals surface area contributed by atoms with E-state index >= 15 is 0 Å². The predicted octanol–water partition coefficient (Wildman–Crippen LogP) is 3.60. The predicted molar refractivity (Wildman–Crippen MR) is 88.5 cm³/mol. The van der Waals surface area contributed by atoms with Crippen molar-refractivity contribution in [3.8, 4) is 0 Å². The molecule has 1 saturated carbocycles. The smallest absolute Gasteiger partial charge is 0.310 e. The van der Waals surface area contributed by atoms with E-state index in [1.165, 1.54) is 0 Å². The molecule has 0 aromatic rings. The normalized spacial score (nSPS) is 29.7. The second kappa shape index (κ2) is 6.29. The van der Waals surface area contributed by atoms with E-state index in [1.807, 2.05) is 41.5 Å². The zero-order valence-corrected chi connectivity index (χ0v) is 15.2. The van der Waals surface area contributed by atoms with Crippen LogP contribution in [-0.4, -0.2) is 25.2 Å². The third-order valence-electron chi connectivity index (χ3n) is 4.30. The Balaban J connectivity index is 2.03. The second-order valence-electron chi connectivity index (χ2n) is 9.34. The van der Waals surface area contributed by atoms with Crippen molar-refractivity contribution in [1.29, 1.82) is 0 Å². The molecule has 2 bridgehead atoms. The average molecular weight is 322 g/mol. The summed E-state index contributed by atoms with van der Waals surface area (Å²) in [5, 5.41) is 0. The average Bonchev–Trinajstić information content (AvgIpc) is 3.00. The van der Waals surface area contributed by atoms with Gasteiger partial charge >= 0.3 is 11.9 Å². The van der Waals surface area contributed by atoms with Gasteiger partial charge in [0.15, 0.2) is 0 Å². The Kier molecular flexibility index (Phi) is 4.93. The van der Waals surface area contributed by atoms with Crippen molar-refractivity contribution in [2.24, 2.45) is 34.5 Å². The summed E-state index contributed by atoms with van der Waals surface area (Å²) >= 11 is 0. The third-order valence-corrected chi connectivity index (χ3v) is 4.30. The summed E-state index contributed by atoms with van der Waals surface area (Å²) in [6.45, 7) is 12.9. The maximum absolute atomic E-state index is 12.5. The molecule has 0 spiro atoms. The first-order valence-corrected chi connectivity index (χ1v) is 8.49. The quantitative estimate of drug-likeness (QED) is 0.586. The van der Waals surface area contributed by atoms with Crippen molar-refractivity contribution in [3.05, 3.63) is 12.2 Å². The highest BCUT2D eigenvalue weighted by atomic mass is 16.5. The van der Waals surface area contributed by atoms with Crippen molar-refractivity contribution in [3.63, 3.8) is 0 Å². The topological polar surface area (TPSA) is 52.6 Å². The van der Waals surface area contributed by atoms with Gasteiger partial charge in [0, 0.05) is 0 Å². The van der Waals surface area contributed by atoms with Gasteiger partial charge in [-0.2, -0.15) is 0 Å². The van der Waals surface area contributed by atoms with E-state index in [0.717, 1.165) is 6.42 Å². The zero-order chi connectivity index (χ0) is 17.4. The molecule has 0 saturated heterocycles. The highest BCUT2D eigenvalue weighted by Gasteiger charge is 2.53. The molecule has 0 amide bonds. The van der Waals surface area contributed by atoms with Crippen LogP contribution in [0.4, 0.5) is 0 Å². The van der Waals surface area contributed by atoms with Crippen molar-refractivity contribution >= 4 is 11.9 Å². The Bertz CT molecular complexity index is 448. The van der Waals surface area contributed by atoms with E-state index in [-0.39, 0.29) is 46.4 Å². The first-order chi connectivity index (χ1) is 10.5. The standard InChI is InChI=1S/C19H30O4/c1-18(2,3)10-22-16(20)14-12-7-8-13(9-12)15(14)17(21)23-11-19(4,5)6/h7-8,12-15H,9-11H2,1-6H3. The van der Waals surface area contributed by atoms with Crippen LogP contribution in [0.3, 0.4) is 0 Å². The summed E-state index contributed by atoms with van der Waals surface area (Å²) in [4.78, 5) is 25.1. The molecule has 23 heavy (non-hydrogen) atoms. The first kappa shape index (κ1) is 18.0.